The predicted molar refractivity (Wildman–Crippen MR) is 104 cm³/mol. The lowest BCUT2D eigenvalue weighted by Crippen LogP contribution is -2.27. The van der Waals surface area contributed by atoms with Crippen molar-refractivity contribution in [1.29, 1.82) is 0 Å². The van der Waals surface area contributed by atoms with Crippen LogP contribution >= 0.6 is 0 Å². The van der Waals surface area contributed by atoms with Crippen LogP contribution in [0.25, 0.3) is 10.9 Å². The van der Waals surface area contributed by atoms with Crippen molar-refractivity contribution in [2.45, 2.75) is 17.7 Å². The van der Waals surface area contributed by atoms with E-state index in [4.69, 9.17) is 0 Å². The van der Waals surface area contributed by atoms with Crippen LogP contribution in [0.1, 0.15) is 23.2 Å². The molecule has 0 bridgehead atoms. The molecule has 138 valence electrons. The van der Waals surface area contributed by atoms with Gasteiger partial charge in [0.25, 0.3) is 5.91 Å². The van der Waals surface area contributed by atoms with Crippen LogP contribution in [0.15, 0.2) is 65.7 Å². The Morgan fingerprint density at radius 3 is 2.44 bits per heavy atom. The molecule has 27 heavy (non-hydrogen) atoms. The van der Waals surface area contributed by atoms with Crippen molar-refractivity contribution in [2.75, 3.05) is 18.4 Å². The first-order valence-corrected chi connectivity index (χ1v) is 10.2. The van der Waals surface area contributed by atoms with Crippen LogP contribution in [0.3, 0.4) is 0 Å². The van der Waals surface area contributed by atoms with E-state index in [-0.39, 0.29) is 10.8 Å². The van der Waals surface area contributed by atoms with E-state index < -0.39 is 10.0 Å². The second-order valence-electron chi connectivity index (χ2n) is 6.47. The minimum Gasteiger partial charge on any atom is -0.322 e. The van der Waals surface area contributed by atoms with E-state index >= 15 is 0 Å². The second kappa shape index (κ2) is 7.09. The van der Waals surface area contributed by atoms with Crippen LogP contribution in [0.5, 0.6) is 0 Å². The van der Waals surface area contributed by atoms with Crippen molar-refractivity contribution in [3.8, 4) is 0 Å². The van der Waals surface area contributed by atoms with E-state index in [2.05, 4.69) is 10.3 Å². The minimum atomic E-state index is -3.45. The topological polar surface area (TPSA) is 79.4 Å². The highest BCUT2D eigenvalue weighted by atomic mass is 32.2. The molecule has 0 spiro atoms. The SMILES string of the molecule is O=C(Nc1ccc(S(=O)(=O)N2CCCC2)cc1)c1cccc2ncccc12. The monoisotopic (exact) mass is 381 g/mol. The van der Waals surface area contributed by atoms with E-state index in [1.807, 2.05) is 12.1 Å². The van der Waals surface area contributed by atoms with Gasteiger partial charge in [0.2, 0.25) is 10.0 Å². The normalized spacial score (nSPS) is 15.1. The van der Waals surface area contributed by atoms with Gasteiger partial charge in [-0.25, -0.2) is 8.42 Å². The van der Waals surface area contributed by atoms with E-state index in [1.54, 1.807) is 36.5 Å². The second-order valence-corrected chi connectivity index (χ2v) is 8.40. The largest absolute Gasteiger partial charge is 0.322 e. The number of fused-ring (bicyclic) bond motifs is 1. The predicted octanol–water partition coefficient (Wildman–Crippen LogP) is 3.27. The lowest BCUT2D eigenvalue weighted by atomic mass is 10.1. The third-order valence-electron chi connectivity index (χ3n) is 4.71. The standard InChI is InChI=1S/C20H19N3O3S/c24-20(18-5-3-7-19-17(18)6-4-12-21-19)22-15-8-10-16(11-9-15)27(25,26)23-13-1-2-14-23/h3-12H,1-2,13-14H2,(H,22,24). The van der Waals surface area contributed by atoms with Crippen molar-refractivity contribution in [1.82, 2.24) is 9.29 Å². The summed E-state index contributed by atoms with van der Waals surface area (Å²) < 4.78 is 26.6. The van der Waals surface area contributed by atoms with Crippen molar-refractivity contribution in [3.63, 3.8) is 0 Å². The van der Waals surface area contributed by atoms with Gasteiger partial charge in [0.05, 0.1) is 10.4 Å². The van der Waals surface area contributed by atoms with E-state index in [0.29, 0.717) is 24.3 Å². The summed E-state index contributed by atoms with van der Waals surface area (Å²) in [7, 11) is -3.45. The molecule has 2 heterocycles. The van der Waals surface area contributed by atoms with Crippen molar-refractivity contribution >= 4 is 32.5 Å². The Hall–Kier alpha value is -2.77. The van der Waals surface area contributed by atoms with Gasteiger partial charge in [-0.2, -0.15) is 4.31 Å². The summed E-state index contributed by atoms with van der Waals surface area (Å²) >= 11 is 0. The molecule has 0 saturated carbocycles. The van der Waals surface area contributed by atoms with Crippen LogP contribution in [-0.4, -0.2) is 36.7 Å². The first-order chi connectivity index (χ1) is 13.1. The number of nitrogens with one attached hydrogen (secondary N) is 1. The van der Waals surface area contributed by atoms with Gasteiger partial charge < -0.3 is 5.32 Å². The summed E-state index contributed by atoms with van der Waals surface area (Å²) in [5, 5.41) is 3.59. The summed E-state index contributed by atoms with van der Waals surface area (Å²) in [6.07, 6.45) is 3.48. The maximum atomic E-state index is 12.7. The highest BCUT2D eigenvalue weighted by molar-refractivity contribution is 7.89. The van der Waals surface area contributed by atoms with Crippen LogP contribution in [0.2, 0.25) is 0 Å². The maximum absolute atomic E-state index is 12.7. The third kappa shape index (κ3) is 3.43. The Bertz CT molecular complexity index is 1080. The molecule has 2 aromatic carbocycles. The Labute approximate surface area is 157 Å². The summed E-state index contributed by atoms with van der Waals surface area (Å²) in [5.41, 5.74) is 1.81. The first-order valence-electron chi connectivity index (χ1n) is 8.81. The molecule has 1 fully saturated rings. The molecule has 1 aliphatic heterocycles. The fourth-order valence-electron chi connectivity index (χ4n) is 3.29. The highest BCUT2D eigenvalue weighted by Gasteiger charge is 2.26. The number of carbonyl (C=O) groups is 1. The Kier molecular flexibility index (Phi) is 4.63. The van der Waals surface area contributed by atoms with Gasteiger partial charge in [-0.1, -0.05) is 12.1 Å². The first kappa shape index (κ1) is 17.6. The summed E-state index contributed by atoms with van der Waals surface area (Å²) in [5.74, 6) is -0.260. The molecule has 4 rings (SSSR count). The third-order valence-corrected chi connectivity index (χ3v) is 6.62. The fourth-order valence-corrected chi connectivity index (χ4v) is 4.80. The molecular formula is C20H19N3O3S. The number of hydrogen-bond acceptors (Lipinski definition) is 4. The molecule has 7 heteroatoms. The molecule has 0 unspecified atom stereocenters. The molecule has 0 aliphatic carbocycles. The van der Waals surface area contributed by atoms with Crippen molar-refractivity contribution in [3.05, 3.63) is 66.4 Å². The molecule has 1 aromatic heterocycles. The lowest BCUT2D eigenvalue weighted by Gasteiger charge is -2.15. The molecule has 1 saturated heterocycles. The van der Waals surface area contributed by atoms with Gasteiger partial charge in [0.1, 0.15) is 0 Å². The molecule has 3 aromatic rings. The van der Waals surface area contributed by atoms with Gasteiger partial charge in [-0.05, 0) is 55.3 Å². The molecular weight excluding hydrogens is 362 g/mol. The Balaban J connectivity index is 1.55. The lowest BCUT2D eigenvalue weighted by molar-refractivity contribution is 0.102. The zero-order chi connectivity index (χ0) is 18.9. The summed E-state index contributed by atoms with van der Waals surface area (Å²) in [6.45, 7) is 1.13. The zero-order valence-electron chi connectivity index (χ0n) is 14.6. The maximum Gasteiger partial charge on any atom is 0.256 e. The number of amides is 1. The highest BCUT2D eigenvalue weighted by Crippen LogP contribution is 2.23. The average molecular weight is 381 g/mol. The number of aromatic nitrogens is 1. The van der Waals surface area contributed by atoms with E-state index in [1.165, 1.54) is 16.4 Å². The minimum absolute atomic E-state index is 0.247. The van der Waals surface area contributed by atoms with Crippen LogP contribution in [0.4, 0.5) is 5.69 Å². The fraction of sp³-hybridized carbons (Fsp3) is 0.200. The summed E-state index contributed by atoms with van der Waals surface area (Å²) in [4.78, 5) is 17.2. The van der Waals surface area contributed by atoms with Gasteiger partial charge in [-0.15, -0.1) is 0 Å². The van der Waals surface area contributed by atoms with Gasteiger partial charge in [0.15, 0.2) is 0 Å². The van der Waals surface area contributed by atoms with E-state index in [9.17, 15) is 13.2 Å². The smallest absolute Gasteiger partial charge is 0.256 e. The quantitative estimate of drug-likeness (QED) is 0.752. The Morgan fingerprint density at radius 1 is 0.963 bits per heavy atom. The van der Waals surface area contributed by atoms with Crippen molar-refractivity contribution in [2.24, 2.45) is 0 Å². The van der Waals surface area contributed by atoms with Crippen LogP contribution in [-0.2, 0) is 10.0 Å². The van der Waals surface area contributed by atoms with Gasteiger partial charge in [0, 0.05) is 35.9 Å². The number of pyridine rings is 1. The van der Waals surface area contributed by atoms with Gasteiger partial charge in [-0.3, -0.25) is 9.78 Å². The van der Waals surface area contributed by atoms with E-state index in [0.717, 1.165) is 23.7 Å². The number of sulfonamides is 1. The summed E-state index contributed by atoms with van der Waals surface area (Å²) in [6, 6.07) is 15.3. The number of nitrogens with zero attached hydrogens (tertiary/aromatic N) is 2. The molecule has 6 nitrogen and oxygen atoms in total. The van der Waals surface area contributed by atoms with Crippen LogP contribution < -0.4 is 5.32 Å². The Morgan fingerprint density at radius 2 is 1.70 bits per heavy atom. The molecule has 0 atom stereocenters. The zero-order valence-corrected chi connectivity index (χ0v) is 15.4. The molecule has 0 radical (unpaired) electrons. The number of anilines is 1. The number of carbonyl (C=O) groups excluding carboxylic acids is 1. The van der Waals surface area contributed by atoms with Gasteiger partial charge >= 0.3 is 0 Å². The van der Waals surface area contributed by atoms with Crippen molar-refractivity contribution < 1.29 is 13.2 Å². The van der Waals surface area contributed by atoms with Crippen LogP contribution in [0, 0.1) is 0 Å². The number of rotatable bonds is 4. The molecule has 1 N–H and O–H groups in total. The molecule has 1 aliphatic rings. The molecule has 1 amide bonds. The number of hydrogen-bond donors (Lipinski definition) is 1. The average Bonchev–Trinajstić information content (AvgIpc) is 3.24. The number of benzene rings is 2.